The molecule has 140 valence electrons. The van der Waals surface area contributed by atoms with Crippen LogP contribution in [0.1, 0.15) is 5.82 Å². The molecule has 2 aromatic carbocycles. The lowest BCUT2D eigenvalue weighted by atomic mass is 10.3. The fourth-order valence-corrected chi connectivity index (χ4v) is 3.06. The summed E-state index contributed by atoms with van der Waals surface area (Å²) in [5.74, 6) is 0.570. The molecule has 1 amide bonds. The van der Waals surface area contributed by atoms with Gasteiger partial charge in [-0.2, -0.15) is 0 Å². The maximum Gasteiger partial charge on any atom is 0.234 e. The van der Waals surface area contributed by atoms with Gasteiger partial charge in [0.25, 0.3) is 0 Å². The third kappa shape index (κ3) is 5.21. The monoisotopic (exact) mass is 406 g/mol. The minimum Gasteiger partial charge on any atom is -0.486 e. The molecule has 3 aromatic rings. The first-order valence-corrected chi connectivity index (χ1v) is 9.33. The molecule has 0 aliphatic rings. The fourth-order valence-electron chi connectivity index (χ4n) is 2.16. The van der Waals surface area contributed by atoms with Crippen LogP contribution in [0.25, 0.3) is 0 Å². The highest BCUT2D eigenvalue weighted by Gasteiger charge is 2.12. The minimum absolute atomic E-state index is 0.00821. The average Bonchev–Trinajstić information content (AvgIpc) is 3.01. The summed E-state index contributed by atoms with van der Waals surface area (Å²) in [4.78, 5) is 12.0. The maximum atomic E-state index is 13.2. The number of hydrogen-bond acceptors (Lipinski definition) is 5. The van der Waals surface area contributed by atoms with Crippen LogP contribution in [0.5, 0.6) is 5.75 Å². The van der Waals surface area contributed by atoms with E-state index in [1.165, 1.54) is 30.0 Å². The van der Waals surface area contributed by atoms with Crippen molar-refractivity contribution in [3.05, 3.63) is 65.2 Å². The summed E-state index contributed by atoms with van der Waals surface area (Å²) < 4.78 is 20.5. The van der Waals surface area contributed by atoms with Crippen molar-refractivity contribution in [2.45, 2.75) is 11.8 Å². The van der Waals surface area contributed by atoms with Gasteiger partial charge in [0, 0.05) is 18.8 Å². The second-order valence-corrected chi connectivity index (χ2v) is 6.87. The average molecular weight is 407 g/mol. The van der Waals surface area contributed by atoms with Gasteiger partial charge in [0.05, 0.1) is 10.8 Å². The molecular weight excluding hydrogens is 391 g/mol. The number of anilines is 1. The van der Waals surface area contributed by atoms with Gasteiger partial charge in [0.15, 0.2) is 11.0 Å². The van der Waals surface area contributed by atoms with Gasteiger partial charge in [-0.05, 0) is 24.3 Å². The van der Waals surface area contributed by atoms with E-state index in [0.717, 1.165) is 5.69 Å². The number of thioether (sulfide) groups is 1. The third-order valence-corrected chi connectivity index (χ3v) is 4.88. The highest BCUT2D eigenvalue weighted by atomic mass is 35.5. The molecule has 0 spiro atoms. The molecular formula is C18H16ClFN4O2S. The number of para-hydroxylation sites is 1. The summed E-state index contributed by atoms with van der Waals surface area (Å²) in [6.45, 7) is 0.141. The maximum absolute atomic E-state index is 13.2. The summed E-state index contributed by atoms with van der Waals surface area (Å²) in [5.41, 5.74) is 0.744. The van der Waals surface area contributed by atoms with Crippen molar-refractivity contribution in [3.63, 3.8) is 0 Å². The van der Waals surface area contributed by atoms with Crippen LogP contribution in [-0.2, 0) is 18.4 Å². The molecule has 27 heavy (non-hydrogen) atoms. The summed E-state index contributed by atoms with van der Waals surface area (Å²) in [6, 6.07) is 13.4. The molecule has 0 bridgehead atoms. The van der Waals surface area contributed by atoms with Crippen LogP contribution in [0.15, 0.2) is 53.7 Å². The summed E-state index contributed by atoms with van der Waals surface area (Å²) in [5, 5.41) is 11.5. The topological polar surface area (TPSA) is 69.0 Å². The first kappa shape index (κ1) is 19.2. The molecule has 0 atom stereocenters. The van der Waals surface area contributed by atoms with Crippen LogP contribution >= 0.6 is 23.4 Å². The number of rotatable bonds is 7. The zero-order valence-electron chi connectivity index (χ0n) is 14.4. The molecule has 3 rings (SSSR count). The standard InChI is InChI=1S/C18H16ClFN4O2S/c1-24-16(10-26-13-7-8-15(20)14(19)9-13)22-23-18(24)27-11-17(25)21-12-5-3-2-4-6-12/h2-9H,10-11H2,1H3,(H,21,25). The van der Waals surface area contributed by atoms with Crippen LogP contribution in [0, 0.1) is 5.82 Å². The van der Waals surface area contributed by atoms with Crippen molar-refractivity contribution < 1.29 is 13.9 Å². The zero-order valence-corrected chi connectivity index (χ0v) is 15.9. The highest BCUT2D eigenvalue weighted by molar-refractivity contribution is 7.99. The van der Waals surface area contributed by atoms with E-state index in [9.17, 15) is 9.18 Å². The van der Waals surface area contributed by atoms with Gasteiger partial charge in [0.1, 0.15) is 18.2 Å². The molecule has 0 radical (unpaired) electrons. The van der Waals surface area contributed by atoms with Gasteiger partial charge in [-0.25, -0.2) is 4.39 Å². The molecule has 6 nitrogen and oxygen atoms in total. The molecule has 1 heterocycles. The van der Waals surface area contributed by atoms with Gasteiger partial charge >= 0.3 is 0 Å². The number of nitrogens with zero attached hydrogens (tertiary/aromatic N) is 3. The third-order valence-electron chi connectivity index (χ3n) is 3.57. The Morgan fingerprint density at radius 3 is 2.78 bits per heavy atom. The van der Waals surface area contributed by atoms with Gasteiger partial charge in [-0.15, -0.1) is 10.2 Å². The molecule has 0 unspecified atom stereocenters. The number of hydrogen-bond donors (Lipinski definition) is 1. The number of benzene rings is 2. The van der Waals surface area contributed by atoms with Crippen molar-refractivity contribution >= 4 is 35.0 Å². The van der Waals surface area contributed by atoms with E-state index in [2.05, 4.69) is 15.5 Å². The smallest absolute Gasteiger partial charge is 0.234 e. The molecule has 1 aromatic heterocycles. The lowest BCUT2D eigenvalue weighted by Gasteiger charge is -2.07. The Morgan fingerprint density at radius 1 is 1.26 bits per heavy atom. The Balaban J connectivity index is 1.53. The Hall–Kier alpha value is -2.58. The minimum atomic E-state index is -0.504. The number of ether oxygens (including phenoxy) is 1. The molecule has 0 saturated heterocycles. The Kier molecular flexibility index (Phi) is 6.31. The first-order valence-electron chi connectivity index (χ1n) is 7.97. The van der Waals surface area contributed by atoms with Crippen LogP contribution in [0.2, 0.25) is 5.02 Å². The van der Waals surface area contributed by atoms with Crippen molar-refractivity contribution in [2.75, 3.05) is 11.1 Å². The van der Waals surface area contributed by atoms with E-state index in [-0.39, 0.29) is 23.3 Å². The largest absolute Gasteiger partial charge is 0.486 e. The highest BCUT2D eigenvalue weighted by Crippen LogP contribution is 2.22. The van der Waals surface area contributed by atoms with Gasteiger partial charge in [-0.3, -0.25) is 4.79 Å². The van der Waals surface area contributed by atoms with Gasteiger partial charge in [0.2, 0.25) is 5.91 Å². The Morgan fingerprint density at radius 2 is 2.04 bits per heavy atom. The van der Waals surface area contributed by atoms with E-state index in [1.807, 2.05) is 30.3 Å². The van der Waals surface area contributed by atoms with E-state index >= 15 is 0 Å². The van der Waals surface area contributed by atoms with Crippen LogP contribution in [0.4, 0.5) is 10.1 Å². The second kappa shape index (κ2) is 8.88. The predicted molar refractivity (Wildman–Crippen MR) is 103 cm³/mol. The van der Waals surface area contributed by atoms with Crippen LogP contribution in [0.3, 0.4) is 0 Å². The first-order chi connectivity index (χ1) is 13.0. The van der Waals surface area contributed by atoms with E-state index < -0.39 is 5.82 Å². The van der Waals surface area contributed by atoms with Gasteiger partial charge in [-0.1, -0.05) is 41.6 Å². The number of amides is 1. The molecule has 0 aliphatic carbocycles. The van der Waals surface area contributed by atoms with Crippen LogP contribution in [-0.4, -0.2) is 26.4 Å². The Labute approximate surface area is 164 Å². The Bertz CT molecular complexity index is 936. The summed E-state index contributed by atoms with van der Waals surface area (Å²) in [7, 11) is 1.79. The predicted octanol–water partition coefficient (Wildman–Crippen LogP) is 3.92. The summed E-state index contributed by atoms with van der Waals surface area (Å²) in [6.07, 6.45) is 0. The number of carbonyl (C=O) groups excluding carboxylic acids is 1. The molecule has 0 fully saturated rings. The lowest BCUT2D eigenvalue weighted by Crippen LogP contribution is -2.14. The van der Waals surface area contributed by atoms with Crippen molar-refractivity contribution in [3.8, 4) is 5.75 Å². The quantitative estimate of drug-likeness (QED) is 0.602. The van der Waals surface area contributed by atoms with Crippen molar-refractivity contribution in [2.24, 2.45) is 7.05 Å². The summed E-state index contributed by atoms with van der Waals surface area (Å²) >= 11 is 7.00. The fraction of sp³-hybridized carbons (Fsp3) is 0.167. The van der Waals surface area contributed by atoms with E-state index in [4.69, 9.17) is 16.3 Å². The SMILES string of the molecule is Cn1c(COc2ccc(F)c(Cl)c2)nnc1SCC(=O)Nc1ccccc1. The number of halogens is 2. The van der Waals surface area contributed by atoms with Crippen molar-refractivity contribution in [1.82, 2.24) is 14.8 Å². The van der Waals surface area contributed by atoms with E-state index in [1.54, 1.807) is 11.6 Å². The number of aromatic nitrogens is 3. The zero-order chi connectivity index (χ0) is 19.2. The van der Waals surface area contributed by atoms with E-state index in [0.29, 0.717) is 16.7 Å². The van der Waals surface area contributed by atoms with Crippen molar-refractivity contribution in [1.29, 1.82) is 0 Å². The molecule has 0 aliphatic heterocycles. The van der Waals surface area contributed by atoms with Gasteiger partial charge < -0.3 is 14.6 Å². The van der Waals surface area contributed by atoms with Crippen LogP contribution < -0.4 is 10.1 Å². The lowest BCUT2D eigenvalue weighted by molar-refractivity contribution is -0.113. The molecule has 0 saturated carbocycles. The molecule has 1 N–H and O–H groups in total. The second-order valence-electron chi connectivity index (χ2n) is 5.53. The number of carbonyl (C=O) groups is 1. The molecule has 9 heteroatoms. The normalized spacial score (nSPS) is 10.6. The number of nitrogens with one attached hydrogen (secondary N) is 1.